The van der Waals surface area contributed by atoms with Gasteiger partial charge in [0.1, 0.15) is 0 Å². The van der Waals surface area contributed by atoms with Crippen molar-refractivity contribution in [2.24, 2.45) is 0 Å². The molecule has 1 saturated carbocycles. The summed E-state index contributed by atoms with van der Waals surface area (Å²) in [6, 6.07) is 7.94. The maximum atomic E-state index is 5.42. The van der Waals surface area contributed by atoms with E-state index in [1.54, 1.807) is 7.11 Å². The first-order chi connectivity index (χ1) is 14.7. The van der Waals surface area contributed by atoms with Gasteiger partial charge in [-0.2, -0.15) is 0 Å². The van der Waals surface area contributed by atoms with E-state index < -0.39 is 0 Å². The smallest absolute Gasteiger partial charge is 0.0606 e. The number of aryl methyl sites for hydroxylation is 1. The second-order valence-electron chi connectivity index (χ2n) is 8.43. The second kappa shape index (κ2) is 12.3. The average Bonchev–Trinajstić information content (AvgIpc) is 2.78. The number of anilines is 1. The molecule has 5 heteroatoms. The Bertz CT molecular complexity index is 698. The minimum Gasteiger partial charge on any atom is -0.383 e. The van der Waals surface area contributed by atoms with Gasteiger partial charge in [0.05, 0.1) is 26.4 Å². The van der Waals surface area contributed by atoms with E-state index in [0.29, 0.717) is 12.1 Å². The molecule has 1 heterocycles. The quantitative estimate of drug-likeness (QED) is 0.524. The molecular weight excluding hydrogens is 374 g/mol. The first-order valence-corrected chi connectivity index (χ1v) is 11.6. The van der Waals surface area contributed by atoms with Gasteiger partial charge in [0, 0.05) is 56.6 Å². The molecule has 2 fully saturated rings. The van der Waals surface area contributed by atoms with Gasteiger partial charge in [-0.05, 0) is 57.2 Å². The lowest BCUT2D eigenvalue weighted by Gasteiger charge is -2.39. The fraction of sp³-hybridized carbons (Fsp3) is 0.680. The van der Waals surface area contributed by atoms with Crippen molar-refractivity contribution in [3.8, 4) is 11.8 Å². The number of ether oxygens (including phenoxy) is 2. The lowest BCUT2D eigenvalue weighted by molar-refractivity contribution is 0.0443. The fourth-order valence-electron chi connectivity index (χ4n) is 4.59. The summed E-state index contributed by atoms with van der Waals surface area (Å²) < 4.78 is 10.6. The molecule has 0 bridgehead atoms. The third-order valence-electron chi connectivity index (χ3n) is 6.38. The van der Waals surface area contributed by atoms with Crippen LogP contribution in [0.2, 0.25) is 0 Å². The number of morpholine rings is 1. The molecule has 0 unspecified atom stereocenters. The molecular formula is C25H39N3O2. The van der Waals surface area contributed by atoms with Crippen molar-refractivity contribution in [3.63, 3.8) is 0 Å². The van der Waals surface area contributed by atoms with E-state index >= 15 is 0 Å². The maximum absolute atomic E-state index is 5.42. The summed E-state index contributed by atoms with van der Waals surface area (Å²) in [5, 5.41) is 3.64. The highest BCUT2D eigenvalue weighted by molar-refractivity contribution is 5.58. The van der Waals surface area contributed by atoms with Gasteiger partial charge >= 0.3 is 0 Å². The molecule has 2 aliphatic rings. The average molecular weight is 414 g/mol. The van der Waals surface area contributed by atoms with Gasteiger partial charge in [-0.1, -0.05) is 17.9 Å². The highest BCUT2D eigenvalue weighted by atomic mass is 16.5. The van der Waals surface area contributed by atoms with E-state index in [0.717, 1.165) is 58.1 Å². The third-order valence-corrected chi connectivity index (χ3v) is 6.38. The summed E-state index contributed by atoms with van der Waals surface area (Å²) in [5.74, 6) is 6.76. The zero-order chi connectivity index (χ0) is 21.2. The molecule has 1 saturated heterocycles. The van der Waals surface area contributed by atoms with Gasteiger partial charge in [0.15, 0.2) is 0 Å². The number of benzene rings is 1. The van der Waals surface area contributed by atoms with Crippen molar-refractivity contribution < 1.29 is 9.47 Å². The molecule has 1 N–H and O–H groups in total. The molecule has 0 amide bonds. The normalized spacial score (nSPS) is 22.4. The van der Waals surface area contributed by atoms with Crippen LogP contribution in [0.15, 0.2) is 18.2 Å². The van der Waals surface area contributed by atoms with Gasteiger partial charge in [-0.15, -0.1) is 0 Å². The van der Waals surface area contributed by atoms with E-state index in [-0.39, 0.29) is 0 Å². The van der Waals surface area contributed by atoms with Crippen molar-refractivity contribution in [2.75, 3.05) is 64.6 Å². The Labute approximate surface area is 183 Å². The van der Waals surface area contributed by atoms with Crippen LogP contribution in [-0.2, 0) is 9.47 Å². The molecule has 0 spiro atoms. The van der Waals surface area contributed by atoms with Crippen LogP contribution in [0.3, 0.4) is 0 Å². The fourth-order valence-corrected chi connectivity index (χ4v) is 4.59. The molecule has 1 aromatic carbocycles. The number of hydrogen-bond donors (Lipinski definition) is 1. The Kier molecular flexibility index (Phi) is 9.48. The van der Waals surface area contributed by atoms with Gasteiger partial charge in [0.25, 0.3) is 0 Å². The number of nitrogens with one attached hydrogen (secondary N) is 1. The predicted molar refractivity (Wildman–Crippen MR) is 124 cm³/mol. The molecule has 1 aliphatic heterocycles. The van der Waals surface area contributed by atoms with Crippen LogP contribution in [0.1, 0.15) is 43.7 Å². The van der Waals surface area contributed by atoms with E-state index in [2.05, 4.69) is 59.0 Å². The molecule has 1 aromatic rings. The first kappa shape index (κ1) is 23.1. The van der Waals surface area contributed by atoms with Crippen LogP contribution in [0.4, 0.5) is 5.69 Å². The van der Waals surface area contributed by atoms with Crippen LogP contribution in [-0.4, -0.2) is 76.6 Å². The number of rotatable bonds is 8. The molecule has 3 rings (SSSR count). The molecule has 0 atom stereocenters. The Morgan fingerprint density at radius 2 is 1.97 bits per heavy atom. The minimum absolute atomic E-state index is 0.616. The predicted octanol–water partition coefficient (Wildman–Crippen LogP) is 3.05. The van der Waals surface area contributed by atoms with Crippen molar-refractivity contribution >= 4 is 5.69 Å². The van der Waals surface area contributed by atoms with Gasteiger partial charge < -0.3 is 19.7 Å². The summed E-state index contributed by atoms with van der Waals surface area (Å²) in [4.78, 5) is 4.97. The van der Waals surface area contributed by atoms with Crippen molar-refractivity contribution in [1.82, 2.24) is 10.2 Å². The number of hydrogen-bond acceptors (Lipinski definition) is 5. The van der Waals surface area contributed by atoms with Crippen molar-refractivity contribution in [1.29, 1.82) is 0 Å². The number of nitrogens with zero attached hydrogens (tertiary/aromatic N) is 2. The van der Waals surface area contributed by atoms with Gasteiger partial charge in [0.2, 0.25) is 0 Å². The molecule has 30 heavy (non-hydrogen) atoms. The van der Waals surface area contributed by atoms with Crippen LogP contribution < -0.4 is 10.2 Å². The summed E-state index contributed by atoms with van der Waals surface area (Å²) in [5.41, 5.74) is 3.82. The standard InChI is InChI=1S/C25H39N3O2/c1-4-28(24-11-9-23(10-12-24)26-13-17-29-3)25-20-22(8-7-21(25)2)6-5-14-27-15-18-30-19-16-27/h7-8,20,23-24,26H,4,9-19H2,1-3H3. The SMILES string of the molecule is CCN(c1cc(C#CCN2CCOCC2)ccc1C)C1CCC(NCCOC)CC1. The zero-order valence-electron chi connectivity index (χ0n) is 19.1. The first-order valence-electron chi connectivity index (χ1n) is 11.6. The summed E-state index contributed by atoms with van der Waals surface area (Å²) in [6.07, 6.45) is 4.96. The Morgan fingerprint density at radius 3 is 2.67 bits per heavy atom. The van der Waals surface area contributed by atoms with E-state index in [1.807, 2.05) is 0 Å². The van der Waals surface area contributed by atoms with Gasteiger partial charge in [-0.3, -0.25) is 4.90 Å². The van der Waals surface area contributed by atoms with Gasteiger partial charge in [-0.25, -0.2) is 0 Å². The number of methoxy groups -OCH3 is 1. The third kappa shape index (κ3) is 6.72. The van der Waals surface area contributed by atoms with Crippen molar-refractivity contribution in [3.05, 3.63) is 29.3 Å². The zero-order valence-corrected chi connectivity index (χ0v) is 19.1. The molecule has 1 aliphatic carbocycles. The maximum Gasteiger partial charge on any atom is 0.0606 e. The topological polar surface area (TPSA) is 37.0 Å². The van der Waals surface area contributed by atoms with Crippen LogP contribution in [0.25, 0.3) is 0 Å². The molecule has 166 valence electrons. The summed E-state index contributed by atoms with van der Waals surface area (Å²) in [6.45, 7) is 11.7. The van der Waals surface area contributed by atoms with E-state index in [4.69, 9.17) is 9.47 Å². The lowest BCUT2D eigenvalue weighted by atomic mass is 9.89. The van der Waals surface area contributed by atoms with E-state index in [9.17, 15) is 0 Å². The second-order valence-corrected chi connectivity index (χ2v) is 8.43. The summed E-state index contributed by atoms with van der Waals surface area (Å²) in [7, 11) is 1.77. The van der Waals surface area contributed by atoms with Crippen LogP contribution in [0, 0.1) is 18.8 Å². The largest absolute Gasteiger partial charge is 0.383 e. The highest BCUT2D eigenvalue weighted by Crippen LogP contribution is 2.30. The Hall–Kier alpha value is -1.58. The monoisotopic (exact) mass is 413 g/mol. The summed E-state index contributed by atoms with van der Waals surface area (Å²) >= 11 is 0. The lowest BCUT2D eigenvalue weighted by Crippen LogP contribution is -2.43. The minimum atomic E-state index is 0.616. The highest BCUT2D eigenvalue weighted by Gasteiger charge is 2.26. The Balaban J connectivity index is 1.60. The Morgan fingerprint density at radius 1 is 1.20 bits per heavy atom. The molecule has 0 aromatic heterocycles. The van der Waals surface area contributed by atoms with Crippen molar-refractivity contribution in [2.45, 2.75) is 51.6 Å². The molecule has 5 nitrogen and oxygen atoms in total. The van der Waals surface area contributed by atoms with Crippen LogP contribution >= 0.6 is 0 Å². The van der Waals surface area contributed by atoms with Crippen LogP contribution in [0.5, 0.6) is 0 Å². The molecule has 0 radical (unpaired) electrons. The van der Waals surface area contributed by atoms with E-state index in [1.165, 1.54) is 36.9 Å².